The molecule has 2 amide bonds. The van der Waals surface area contributed by atoms with E-state index < -0.39 is 34.1 Å². The second-order valence-corrected chi connectivity index (χ2v) is 11.1. The third-order valence-electron chi connectivity index (χ3n) is 6.35. The van der Waals surface area contributed by atoms with Gasteiger partial charge in [-0.05, 0) is 55.2 Å². The summed E-state index contributed by atoms with van der Waals surface area (Å²) in [5.74, 6) is -1.06. The lowest BCUT2D eigenvalue weighted by Gasteiger charge is -2.29. The highest BCUT2D eigenvalue weighted by atomic mass is 32.2. The van der Waals surface area contributed by atoms with E-state index in [9.17, 15) is 22.8 Å². The number of fused-ring (bicyclic) bond motifs is 1. The molecule has 3 N–H and O–H groups in total. The van der Waals surface area contributed by atoms with Gasteiger partial charge in [-0.1, -0.05) is 19.9 Å². The predicted octanol–water partition coefficient (Wildman–Crippen LogP) is 1.05. The molecule has 2 saturated heterocycles. The number of amides is 2. The van der Waals surface area contributed by atoms with Gasteiger partial charge in [0.1, 0.15) is 12.1 Å². The van der Waals surface area contributed by atoms with Crippen LogP contribution in [0.5, 0.6) is 0 Å². The fraction of sp³-hybridized carbons (Fsp3) is 0.417. The smallest absolute Gasteiger partial charge is 0.261 e. The summed E-state index contributed by atoms with van der Waals surface area (Å²) < 4.78 is 27.4. The summed E-state index contributed by atoms with van der Waals surface area (Å²) >= 11 is 0. The molecule has 2 aliphatic rings. The van der Waals surface area contributed by atoms with Gasteiger partial charge in [0, 0.05) is 24.0 Å². The van der Waals surface area contributed by atoms with Crippen molar-refractivity contribution in [3.05, 3.63) is 54.2 Å². The van der Waals surface area contributed by atoms with E-state index in [0.29, 0.717) is 24.1 Å². The van der Waals surface area contributed by atoms with Crippen LogP contribution in [-0.4, -0.2) is 71.4 Å². The second-order valence-electron chi connectivity index (χ2n) is 9.29. The van der Waals surface area contributed by atoms with E-state index in [1.807, 2.05) is 13.8 Å². The van der Waals surface area contributed by atoms with Crippen LogP contribution in [0.2, 0.25) is 0 Å². The molecule has 2 aromatic rings. The van der Waals surface area contributed by atoms with Gasteiger partial charge < -0.3 is 16.0 Å². The molecule has 1 aromatic heterocycles. The van der Waals surface area contributed by atoms with Crippen LogP contribution in [0.4, 0.5) is 5.69 Å². The Kier molecular flexibility index (Phi) is 6.91. The van der Waals surface area contributed by atoms with Crippen LogP contribution in [-0.2, 0) is 19.6 Å². The number of nitrogens with zero attached hydrogens (tertiary/aromatic N) is 3. The summed E-state index contributed by atoms with van der Waals surface area (Å²) in [6.45, 7) is 3.78. The normalized spacial score (nSPS) is 21.2. The van der Waals surface area contributed by atoms with Crippen molar-refractivity contribution in [3.8, 4) is 0 Å². The largest absolute Gasteiger partial charge is 0.399 e. The van der Waals surface area contributed by atoms with E-state index >= 15 is 0 Å². The zero-order valence-electron chi connectivity index (χ0n) is 19.6. The van der Waals surface area contributed by atoms with Crippen LogP contribution < -0.4 is 11.1 Å². The van der Waals surface area contributed by atoms with E-state index in [1.165, 1.54) is 17.2 Å². The first-order valence-electron chi connectivity index (χ1n) is 11.5. The summed E-state index contributed by atoms with van der Waals surface area (Å²) in [4.78, 5) is 44.7. The van der Waals surface area contributed by atoms with Crippen LogP contribution in [0.3, 0.4) is 0 Å². The lowest BCUT2D eigenvalue weighted by atomic mass is 10.0. The van der Waals surface area contributed by atoms with Crippen molar-refractivity contribution < 1.29 is 22.8 Å². The number of carbonyl (C=O) groups is 3. The third kappa shape index (κ3) is 4.92. The molecule has 0 radical (unpaired) electrons. The molecule has 3 heterocycles. The Bertz CT molecular complexity index is 1220. The molecule has 0 bridgehead atoms. The predicted molar refractivity (Wildman–Crippen MR) is 129 cm³/mol. The fourth-order valence-corrected chi connectivity index (χ4v) is 6.29. The minimum absolute atomic E-state index is 0.0920. The Morgan fingerprint density at radius 1 is 1.17 bits per heavy atom. The number of likely N-dealkylation sites (tertiary alicyclic amines) is 1. The molecule has 2 aliphatic heterocycles. The third-order valence-corrected chi connectivity index (χ3v) is 8.14. The number of rotatable bonds is 7. The number of carbonyl (C=O) groups excluding carboxylic acids is 3. The lowest BCUT2D eigenvalue weighted by Crippen LogP contribution is -2.53. The molecule has 2 fully saturated rings. The summed E-state index contributed by atoms with van der Waals surface area (Å²) in [5.41, 5.74) is 6.57. The highest BCUT2D eigenvalue weighted by Crippen LogP contribution is 2.34. The molecule has 0 saturated carbocycles. The minimum atomic E-state index is -3.99. The molecule has 0 spiro atoms. The number of nitrogen functional groups attached to an aromatic ring is 1. The summed E-state index contributed by atoms with van der Waals surface area (Å²) in [6.07, 6.45) is 2.08. The van der Waals surface area contributed by atoms with Crippen LogP contribution in [0.15, 0.2) is 53.7 Å². The zero-order valence-corrected chi connectivity index (χ0v) is 20.4. The maximum Gasteiger partial charge on any atom is 0.261 e. The van der Waals surface area contributed by atoms with Crippen LogP contribution in [0, 0.1) is 5.92 Å². The highest BCUT2D eigenvalue weighted by molar-refractivity contribution is 7.89. The number of nitrogens with two attached hydrogens (primary N) is 1. The van der Waals surface area contributed by atoms with Crippen LogP contribution in [0.1, 0.15) is 37.0 Å². The van der Waals surface area contributed by atoms with Crippen molar-refractivity contribution in [3.63, 3.8) is 0 Å². The van der Waals surface area contributed by atoms with Gasteiger partial charge in [-0.3, -0.25) is 14.4 Å². The van der Waals surface area contributed by atoms with E-state index in [4.69, 9.17) is 5.73 Å². The van der Waals surface area contributed by atoms with Gasteiger partial charge in [0.05, 0.1) is 12.6 Å². The molecule has 3 unspecified atom stereocenters. The van der Waals surface area contributed by atoms with Gasteiger partial charge in [-0.25, -0.2) is 13.4 Å². The molecule has 1 aromatic carbocycles. The van der Waals surface area contributed by atoms with E-state index in [-0.39, 0.29) is 35.7 Å². The standard InChI is InChI=1S/C24H29N5O5S/c1-15(2)13-18(27-23(31)16-6-8-17(25)9-7-16)24(32)28-12-10-19-22(28)20(30)14-29(19)35(33,34)21-5-3-4-11-26-21/h3-9,11,15,18-19,22H,10,12-14,25H2,1-2H3,(H,27,31). The quantitative estimate of drug-likeness (QED) is 0.542. The molecule has 35 heavy (non-hydrogen) atoms. The van der Waals surface area contributed by atoms with Crippen molar-refractivity contribution in [1.29, 1.82) is 0 Å². The lowest BCUT2D eigenvalue weighted by molar-refractivity contribution is -0.138. The number of benzene rings is 1. The van der Waals surface area contributed by atoms with Gasteiger partial charge in [0.2, 0.25) is 5.91 Å². The number of anilines is 1. The van der Waals surface area contributed by atoms with E-state index in [2.05, 4.69) is 10.3 Å². The Hall–Kier alpha value is -3.31. The molecule has 186 valence electrons. The van der Waals surface area contributed by atoms with E-state index in [1.54, 1.807) is 36.4 Å². The number of aromatic nitrogens is 1. The van der Waals surface area contributed by atoms with Crippen molar-refractivity contribution in [2.45, 2.75) is 49.8 Å². The first-order valence-corrected chi connectivity index (χ1v) is 13.0. The summed E-state index contributed by atoms with van der Waals surface area (Å²) in [6, 6.07) is 8.53. The molecule has 4 rings (SSSR count). The fourth-order valence-electron chi connectivity index (χ4n) is 4.73. The topological polar surface area (TPSA) is 143 Å². The maximum absolute atomic E-state index is 13.6. The van der Waals surface area contributed by atoms with Gasteiger partial charge >= 0.3 is 0 Å². The van der Waals surface area contributed by atoms with Crippen molar-refractivity contribution in [2.24, 2.45) is 5.92 Å². The number of nitrogens with one attached hydrogen (secondary N) is 1. The minimum Gasteiger partial charge on any atom is -0.399 e. The molecule has 3 atom stereocenters. The van der Waals surface area contributed by atoms with Crippen LogP contribution >= 0.6 is 0 Å². The van der Waals surface area contributed by atoms with Gasteiger partial charge in [0.15, 0.2) is 10.8 Å². The Morgan fingerprint density at radius 3 is 2.51 bits per heavy atom. The summed E-state index contributed by atoms with van der Waals surface area (Å²) in [5, 5.41) is 2.67. The number of ketones is 1. The molecular weight excluding hydrogens is 470 g/mol. The Balaban J connectivity index is 1.54. The van der Waals surface area contributed by atoms with Gasteiger partial charge in [0.25, 0.3) is 15.9 Å². The summed E-state index contributed by atoms with van der Waals surface area (Å²) in [7, 11) is -3.99. The average molecular weight is 500 g/mol. The average Bonchev–Trinajstić information content (AvgIpc) is 3.40. The first kappa shape index (κ1) is 24.8. The second kappa shape index (κ2) is 9.74. The number of Topliss-reactive ketones (excluding diaryl/α,β-unsaturated/α-hetero) is 1. The molecule has 0 aliphatic carbocycles. The van der Waals surface area contributed by atoms with Gasteiger partial charge in [-0.15, -0.1) is 0 Å². The highest BCUT2D eigenvalue weighted by Gasteiger charge is 2.54. The maximum atomic E-state index is 13.6. The van der Waals surface area contributed by atoms with Crippen molar-refractivity contribution in [2.75, 3.05) is 18.8 Å². The molecule has 10 nitrogen and oxygen atoms in total. The molecular formula is C24H29N5O5S. The number of sulfonamides is 1. The Labute approximate surface area is 204 Å². The molecule has 11 heteroatoms. The van der Waals surface area contributed by atoms with E-state index in [0.717, 1.165) is 4.31 Å². The zero-order chi connectivity index (χ0) is 25.3. The number of pyridine rings is 1. The number of hydrogen-bond acceptors (Lipinski definition) is 7. The van der Waals surface area contributed by atoms with Crippen LogP contribution in [0.25, 0.3) is 0 Å². The van der Waals surface area contributed by atoms with Gasteiger partial charge in [-0.2, -0.15) is 4.31 Å². The SMILES string of the molecule is CC(C)CC(NC(=O)c1ccc(N)cc1)C(=O)N1CCC2C1C(=O)CN2S(=O)(=O)c1ccccn1. The van der Waals surface area contributed by atoms with Crippen molar-refractivity contribution in [1.82, 2.24) is 19.5 Å². The monoisotopic (exact) mass is 499 g/mol. The first-order chi connectivity index (χ1) is 16.6. The Morgan fingerprint density at radius 2 is 1.89 bits per heavy atom. The van der Waals surface area contributed by atoms with Crippen molar-refractivity contribution >= 4 is 33.3 Å². The number of hydrogen-bond donors (Lipinski definition) is 2.